The number of alkyl halides is 3. The molecule has 0 aliphatic carbocycles. The van der Waals surface area contributed by atoms with Gasteiger partial charge in [0.1, 0.15) is 5.82 Å². The zero-order valence-corrected chi connectivity index (χ0v) is 13.7. The van der Waals surface area contributed by atoms with E-state index in [1.165, 1.54) is 6.07 Å². The fourth-order valence-electron chi connectivity index (χ4n) is 3.12. The van der Waals surface area contributed by atoms with Gasteiger partial charge in [-0.1, -0.05) is 12.5 Å². The van der Waals surface area contributed by atoms with E-state index in [-0.39, 0.29) is 0 Å². The third kappa shape index (κ3) is 5.18. The molecule has 0 saturated carbocycles. The zero-order chi connectivity index (χ0) is 17.0. The van der Waals surface area contributed by atoms with Crippen LogP contribution in [0, 0.1) is 5.82 Å². The average Bonchev–Trinajstić information content (AvgIpc) is 2.47. The van der Waals surface area contributed by atoms with Crippen molar-refractivity contribution in [3.05, 3.63) is 35.1 Å². The van der Waals surface area contributed by atoms with Gasteiger partial charge in [-0.15, -0.1) is 0 Å². The first-order valence-electron chi connectivity index (χ1n) is 8.02. The molecule has 1 aromatic rings. The van der Waals surface area contributed by atoms with Crippen LogP contribution in [0.4, 0.5) is 17.6 Å². The molecule has 2 rings (SSSR count). The molecule has 1 aliphatic rings. The van der Waals surface area contributed by atoms with Crippen LogP contribution in [0.1, 0.15) is 36.8 Å². The quantitative estimate of drug-likeness (QED) is 0.748. The Bertz CT molecular complexity index is 514. The van der Waals surface area contributed by atoms with E-state index in [2.05, 4.69) is 9.80 Å². The molecule has 0 unspecified atom stereocenters. The minimum atomic E-state index is -4.65. The van der Waals surface area contributed by atoms with Crippen molar-refractivity contribution < 1.29 is 17.6 Å². The summed E-state index contributed by atoms with van der Waals surface area (Å²) in [4.78, 5) is 4.35. The van der Waals surface area contributed by atoms with Crippen LogP contribution in [-0.2, 0) is 12.7 Å². The first-order valence-corrected chi connectivity index (χ1v) is 8.02. The van der Waals surface area contributed by atoms with E-state index in [1.54, 1.807) is 0 Å². The second kappa shape index (κ2) is 7.62. The zero-order valence-electron chi connectivity index (χ0n) is 13.7. The molecular formula is C17H24F4N2. The minimum Gasteiger partial charge on any atom is -0.309 e. The first-order chi connectivity index (χ1) is 10.8. The molecule has 2 nitrogen and oxygen atoms in total. The lowest BCUT2D eigenvalue weighted by molar-refractivity contribution is -0.140. The van der Waals surface area contributed by atoms with Gasteiger partial charge in [-0.25, -0.2) is 4.39 Å². The number of likely N-dealkylation sites (tertiary alicyclic amines) is 1. The van der Waals surface area contributed by atoms with E-state index in [0.717, 1.165) is 50.9 Å². The van der Waals surface area contributed by atoms with Crippen molar-refractivity contribution in [1.29, 1.82) is 0 Å². The monoisotopic (exact) mass is 332 g/mol. The van der Waals surface area contributed by atoms with Crippen LogP contribution in [0.2, 0.25) is 0 Å². The van der Waals surface area contributed by atoms with Gasteiger partial charge < -0.3 is 4.90 Å². The Hall–Kier alpha value is -1.14. The Morgan fingerprint density at radius 2 is 1.96 bits per heavy atom. The van der Waals surface area contributed by atoms with E-state index < -0.39 is 17.6 Å². The van der Waals surface area contributed by atoms with Crippen molar-refractivity contribution in [3.63, 3.8) is 0 Å². The van der Waals surface area contributed by atoms with Gasteiger partial charge in [0.25, 0.3) is 0 Å². The third-order valence-electron chi connectivity index (χ3n) is 4.38. The molecule has 0 spiro atoms. The molecule has 1 fully saturated rings. The Morgan fingerprint density at radius 3 is 2.61 bits per heavy atom. The molecule has 0 bridgehead atoms. The maximum absolute atomic E-state index is 13.4. The number of hydrogen-bond donors (Lipinski definition) is 0. The Balaban J connectivity index is 2.10. The Labute approximate surface area is 135 Å². The molecule has 0 radical (unpaired) electrons. The van der Waals surface area contributed by atoms with Crippen molar-refractivity contribution in [2.75, 3.05) is 27.2 Å². The predicted molar refractivity (Wildman–Crippen MR) is 82.6 cm³/mol. The summed E-state index contributed by atoms with van der Waals surface area (Å²) in [5.74, 6) is -1.20. The summed E-state index contributed by atoms with van der Waals surface area (Å²) in [6.45, 7) is 2.29. The SMILES string of the molecule is CN(C)CC[C@H]1CCCCN1Cc1ccc(F)c(C(F)(F)F)c1. The van der Waals surface area contributed by atoms with Crippen LogP contribution in [0.5, 0.6) is 0 Å². The van der Waals surface area contributed by atoms with E-state index >= 15 is 0 Å². The van der Waals surface area contributed by atoms with E-state index in [4.69, 9.17) is 0 Å². The Kier molecular flexibility index (Phi) is 6.03. The average molecular weight is 332 g/mol. The topological polar surface area (TPSA) is 6.48 Å². The van der Waals surface area contributed by atoms with Gasteiger partial charge in [-0.2, -0.15) is 13.2 Å². The van der Waals surface area contributed by atoms with Crippen LogP contribution >= 0.6 is 0 Å². The summed E-state index contributed by atoms with van der Waals surface area (Å²) < 4.78 is 51.9. The second-order valence-corrected chi connectivity index (χ2v) is 6.52. The lowest BCUT2D eigenvalue weighted by atomic mass is 9.98. The lowest BCUT2D eigenvalue weighted by Crippen LogP contribution is -2.40. The van der Waals surface area contributed by atoms with Gasteiger partial charge in [0.05, 0.1) is 5.56 Å². The van der Waals surface area contributed by atoms with Crippen molar-refractivity contribution in [3.8, 4) is 0 Å². The predicted octanol–water partition coefficient (Wildman–Crippen LogP) is 4.15. The Morgan fingerprint density at radius 1 is 1.22 bits per heavy atom. The molecule has 0 N–H and O–H groups in total. The minimum absolute atomic E-state index is 0.380. The van der Waals surface area contributed by atoms with Crippen LogP contribution in [0.25, 0.3) is 0 Å². The first kappa shape index (κ1) is 18.2. The maximum Gasteiger partial charge on any atom is 0.419 e. The summed E-state index contributed by atoms with van der Waals surface area (Å²) in [5, 5.41) is 0. The third-order valence-corrected chi connectivity index (χ3v) is 4.38. The van der Waals surface area contributed by atoms with Gasteiger partial charge in [-0.3, -0.25) is 4.90 Å². The van der Waals surface area contributed by atoms with Gasteiger partial charge >= 0.3 is 6.18 Å². The van der Waals surface area contributed by atoms with E-state index in [9.17, 15) is 17.6 Å². The normalized spacial score (nSPS) is 20.2. The highest BCUT2D eigenvalue weighted by molar-refractivity contribution is 5.27. The highest BCUT2D eigenvalue weighted by Crippen LogP contribution is 2.32. The van der Waals surface area contributed by atoms with Gasteiger partial charge in [0, 0.05) is 12.6 Å². The fraction of sp³-hybridized carbons (Fsp3) is 0.647. The van der Waals surface area contributed by atoms with Gasteiger partial charge in [-0.05, 0) is 64.1 Å². The fourth-order valence-corrected chi connectivity index (χ4v) is 3.12. The van der Waals surface area contributed by atoms with E-state index in [1.807, 2.05) is 14.1 Å². The second-order valence-electron chi connectivity index (χ2n) is 6.52. The summed E-state index contributed by atoms with van der Waals surface area (Å²) in [6, 6.07) is 3.72. The molecule has 0 amide bonds. The van der Waals surface area contributed by atoms with Gasteiger partial charge in [0.2, 0.25) is 0 Å². The summed E-state index contributed by atoms with van der Waals surface area (Å²) in [6.07, 6.45) is -0.356. The molecule has 23 heavy (non-hydrogen) atoms. The molecule has 1 atom stereocenters. The number of piperidine rings is 1. The molecule has 1 saturated heterocycles. The summed E-state index contributed by atoms with van der Waals surface area (Å²) in [7, 11) is 4.03. The lowest BCUT2D eigenvalue weighted by Gasteiger charge is -2.36. The molecule has 130 valence electrons. The number of halogens is 4. The van der Waals surface area contributed by atoms with Crippen molar-refractivity contribution in [2.24, 2.45) is 0 Å². The van der Waals surface area contributed by atoms with Crippen molar-refractivity contribution >= 4 is 0 Å². The maximum atomic E-state index is 13.4. The number of rotatable bonds is 5. The van der Waals surface area contributed by atoms with Crippen molar-refractivity contribution in [1.82, 2.24) is 9.80 Å². The number of nitrogens with zero attached hydrogens (tertiary/aromatic N) is 2. The van der Waals surface area contributed by atoms with Crippen LogP contribution in [0.15, 0.2) is 18.2 Å². The van der Waals surface area contributed by atoms with Crippen LogP contribution in [0.3, 0.4) is 0 Å². The number of hydrogen-bond acceptors (Lipinski definition) is 2. The van der Waals surface area contributed by atoms with Gasteiger partial charge in [0.15, 0.2) is 0 Å². The number of benzene rings is 1. The molecule has 0 aromatic heterocycles. The molecule has 1 aromatic carbocycles. The molecule has 6 heteroatoms. The molecule has 1 heterocycles. The van der Waals surface area contributed by atoms with Crippen LogP contribution in [-0.4, -0.2) is 43.0 Å². The molecule has 1 aliphatic heterocycles. The van der Waals surface area contributed by atoms with Crippen LogP contribution < -0.4 is 0 Å². The smallest absolute Gasteiger partial charge is 0.309 e. The van der Waals surface area contributed by atoms with Crippen molar-refractivity contribution in [2.45, 2.75) is 44.4 Å². The van der Waals surface area contributed by atoms with E-state index in [0.29, 0.717) is 18.2 Å². The highest BCUT2D eigenvalue weighted by Gasteiger charge is 2.34. The highest BCUT2D eigenvalue weighted by atomic mass is 19.4. The largest absolute Gasteiger partial charge is 0.419 e. The molecular weight excluding hydrogens is 308 g/mol. The summed E-state index contributed by atoms with van der Waals surface area (Å²) in [5.41, 5.74) is -0.646. The standard InChI is InChI=1S/C17H24F4N2/c1-22(2)10-8-14-5-3-4-9-23(14)12-13-6-7-16(18)15(11-13)17(19,20)21/h6-7,11,14H,3-5,8-10,12H2,1-2H3/t14-/m1/s1. The summed E-state index contributed by atoms with van der Waals surface area (Å²) >= 11 is 0.